The number of piperidine rings is 1. The highest BCUT2D eigenvalue weighted by Gasteiger charge is 2.44. The molecule has 2 heterocycles. The van der Waals surface area contributed by atoms with E-state index >= 15 is 0 Å². The number of ether oxygens (including phenoxy) is 3. The molecule has 2 aliphatic heterocycles. The van der Waals surface area contributed by atoms with Gasteiger partial charge in [0.15, 0.2) is 0 Å². The zero-order valence-corrected chi connectivity index (χ0v) is 16.1. The summed E-state index contributed by atoms with van der Waals surface area (Å²) in [6.07, 6.45) is -0.115. The fourth-order valence-electron chi connectivity index (χ4n) is 3.51. The van der Waals surface area contributed by atoms with E-state index in [1.54, 1.807) is 4.90 Å². The Balaban J connectivity index is 1.58. The minimum Gasteiger partial charge on any atom is -0.445 e. The van der Waals surface area contributed by atoms with Crippen molar-refractivity contribution in [3.8, 4) is 0 Å². The number of rotatable bonds is 3. The molecule has 1 N–H and O–H groups in total. The summed E-state index contributed by atoms with van der Waals surface area (Å²) in [5.41, 5.74) is 0.360. The van der Waals surface area contributed by atoms with Crippen molar-refractivity contribution in [1.82, 2.24) is 10.2 Å². The molecule has 3 atom stereocenters. The first-order valence-electron chi connectivity index (χ1n) is 9.38. The van der Waals surface area contributed by atoms with Gasteiger partial charge in [-0.1, -0.05) is 30.3 Å². The number of amides is 2. The molecule has 7 nitrogen and oxygen atoms in total. The van der Waals surface area contributed by atoms with Crippen LogP contribution in [-0.4, -0.2) is 54.5 Å². The van der Waals surface area contributed by atoms with Crippen molar-refractivity contribution in [2.45, 2.75) is 51.5 Å². The molecular formula is C20H28N2O5. The average molecular weight is 376 g/mol. The van der Waals surface area contributed by atoms with Crippen LogP contribution in [0.4, 0.5) is 9.59 Å². The van der Waals surface area contributed by atoms with Crippen molar-refractivity contribution in [3.63, 3.8) is 0 Å². The van der Waals surface area contributed by atoms with Crippen LogP contribution in [-0.2, 0) is 20.8 Å². The van der Waals surface area contributed by atoms with E-state index in [-0.39, 0.29) is 30.8 Å². The number of hydrogen-bond donors (Lipinski definition) is 1. The molecule has 1 aromatic rings. The SMILES string of the molecule is CC(C)(C)OC(=O)N1C[C@@H]2CCO[C@@H]2[C@@H](NC(=O)OCc2ccccc2)C1. The summed E-state index contributed by atoms with van der Waals surface area (Å²) in [5.74, 6) is 0.186. The van der Waals surface area contributed by atoms with Crippen LogP contribution in [0, 0.1) is 5.92 Å². The van der Waals surface area contributed by atoms with Crippen molar-refractivity contribution < 1.29 is 23.8 Å². The molecule has 0 aromatic heterocycles. The third-order valence-electron chi connectivity index (χ3n) is 4.70. The van der Waals surface area contributed by atoms with Gasteiger partial charge in [-0.2, -0.15) is 0 Å². The first kappa shape index (κ1) is 19.5. The molecule has 0 aliphatic carbocycles. The largest absolute Gasteiger partial charge is 0.445 e. The zero-order valence-electron chi connectivity index (χ0n) is 16.1. The van der Waals surface area contributed by atoms with Crippen LogP contribution >= 0.6 is 0 Å². The molecule has 3 rings (SSSR count). The lowest BCUT2D eigenvalue weighted by atomic mass is 9.91. The van der Waals surface area contributed by atoms with E-state index < -0.39 is 11.7 Å². The Hall–Kier alpha value is -2.28. The van der Waals surface area contributed by atoms with E-state index in [1.807, 2.05) is 51.1 Å². The van der Waals surface area contributed by atoms with Crippen LogP contribution in [0.5, 0.6) is 0 Å². The van der Waals surface area contributed by atoms with Gasteiger partial charge in [-0.3, -0.25) is 0 Å². The highest BCUT2D eigenvalue weighted by molar-refractivity contribution is 5.70. The molecule has 0 radical (unpaired) electrons. The van der Waals surface area contributed by atoms with Gasteiger partial charge in [0.05, 0.1) is 12.1 Å². The zero-order chi connectivity index (χ0) is 19.4. The summed E-state index contributed by atoms with van der Waals surface area (Å²) in [6, 6.07) is 9.18. The minimum atomic E-state index is -0.558. The number of carbonyl (C=O) groups excluding carboxylic acids is 2. The Morgan fingerprint density at radius 1 is 1.22 bits per heavy atom. The lowest BCUT2D eigenvalue weighted by Gasteiger charge is -2.40. The Morgan fingerprint density at radius 3 is 2.67 bits per heavy atom. The second kappa shape index (κ2) is 8.17. The third kappa shape index (κ3) is 5.35. The average Bonchev–Trinajstić information content (AvgIpc) is 3.08. The predicted octanol–water partition coefficient (Wildman–Crippen LogP) is 2.94. The summed E-state index contributed by atoms with van der Waals surface area (Å²) in [4.78, 5) is 26.4. The molecule has 0 bridgehead atoms. The lowest BCUT2D eigenvalue weighted by molar-refractivity contribution is -0.0167. The molecule has 0 spiro atoms. The van der Waals surface area contributed by atoms with Gasteiger partial charge in [-0.25, -0.2) is 9.59 Å². The quantitative estimate of drug-likeness (QED) is 0.878. The van der Waals surface area contributed by atoms with Gasteiger partial charge in [0.1, 0.15) is 12.2 Å². The van der Waals surface area contributed by atoms with Crippen LogP contribution in [0.25, 0.3) is 0 Å². The normalized spacial score (nSPS) is 24.9. The number of likely N-dealkylation sites (tertiary alicyclic amines) is 1. The maximum absolute atomic E-state index is 12.5. The molecule has 2 aliphatic rings. The second-order valence-electron chi connectivity index (χ2n) is 8.08. The number of alkyl carbamates (subject to hydrolysis) is 1. The Morgan fingerprint density at radius 2 is 1.96 bits per heavy atom. The molecule has 2 fully saturated rings. The number of nitrogens with zero attached hydrogens (tertiary/aromatic N) is 1. The van der Waals surface area contributed by atoms with E-state index in [4.69, 9.17) is 14.2 Å². The summed E-state index contributed by atoms with van der Waals surface area (Å²) in [6.45, 7) is 7.28. The van der Waals surface area contributed by atoms with Gasteiger partial charge in [0, 0.05) is 25.6 Å². The van der Waals surface area contributed by atoms with Crippen LogP contribution in [0.15, 0.2) is 30.3 Å². The van der Waals surface area contributed by atoms with Crippen molar-refractivity contribution in [1.29, 1.82) is 0 Å². The second-order valence-corrected chi connectivity index (χ2v) is 8.08. The van der Waals surface area contributed by atoms with Gasteiger partial charge in [-0.05, 0) is 32.8 Å². The number of benzene rings is 1. The highest BCUT2D eigenvalue weighted by Crippen LogP contribution is 2.30. The smallest absolute Gasteiger partial charge is 0.410 e. The molecule has 2 saturated heterocycles. The summed E-state index contributed by atoms with van der Waals surface area (Å²) < 4.78 is 16.6. The molecule has 148 valence electrons. The number of fused-ring (bicyclic) bond motifs is 1. The maximum Gasteiger partial charge on any atom is 0.410 e. The van der Waals surface area contributed by atoms with Gasteiger partial charge in [0.25, 0.3) is 0 Å². The first-order valence-corrected chi connectivity index (χ1v) is 9.38. The van der Waals surface area contributed by atoms with E-state index in [1.165, 1.54) is 0 Å². The molecule has 0 unspecified atom stereocenters. The van der Waals surface area contributed by atoms with Gasteiger partial charge >= 0.3 is 12.2 Å². The minimum absolute atomic E-state index is 0.104. The monoisotopic (exact) mass is 376 g/mol. The van der Waals surface area contributed by atoms with E-state index in [9.17, 15) is 9.59 Å². The van der Waals surface area contributed by atoms with Crippen LogP contribution < -0.4 is 5.32 Å². The van der Waals surface area contributed by atoms with Crippen molar-refractivity contribution >= 4 is 12.2 Å². The number of carbonyl (C=O) groups is 2. The fraction of sp³-hybridized carbons (Fsp3) is 0.600. The summed E-state index contributed by atoms with van der Waals surface area (Å²) in [7, 11) is 0. The lowest BCUT2D eigenvalue weighted by Crippen LogP contribution is -2.59. The maximum atomic E-state index is 12.5. The van der Waals surface area contributed by atoms with Gasteiger partial charge < -0.3 is 24.4 Å². The molecular weight excluding hydrogens is 348 g/mol. The predicted molar refractivity (Wildman–Crippen MR) is 99.2 cm³/mol. The van der Waals surface area contributed by atoms with Gasteiger partial charge in [-0.15, -0.1) is 0 Å². The van der Waals surface area contributed by atoms with E-state index in [0.717, 1.165) is 12.0 Å². The number of hydrogen-bond acceptors (Lipinski definition) is 5. The molecule has 0 saturated carbocycles. The topological polar surface area (TPSA) is 77.1 Å². The van der Waals surface area contributed by atoms with Crippen LogP contribution in [0.1, 0.15) is 32.8 Å². The van der Waals surface area contributed by atoms with Gasteiger partial charge in [0.2, 0.25) is 0 Å². The van der Waals surface area contributed by atoms with Crippen molar-refractivity contribution in [2.75, 3.05) is 19.7 Å². The standard InChI is InChI=1S/C20H28N2O5/c1-20(2,3)27-19(24)22-11-15-9-10-25-17(15)16(12-22)21-18(23)26-13-14-7-5-4-6-8-14/h4-8,15-17H,9-13H2,1-3H3,(H,21,23)/t15-,16-,17-/m0/s1. The van der Waals surface area contributed by atoms with Crippen molar-refractivity contribution in [2.24, 2.45) is 5.92 Å². The molecule has 2 amide bonds. The summed E-state index contributed by atoms with van der Waals surface area (Å²) in [5, 5.41) is 2.87. The molecule has 27 heavy (non-hydrogen) atoms. The third-order valence-corrected chi connectivity index (χ3v) is 4.70. The first-order chi connectivity index (χ1) is 12.8. The van der Waals surface area contributed by atoms with Crippen LogP contribution in [0.2, 0.25) is 0 Å². The highest BCUT2D eigenvalue weighted by atomic mass is 16.6. The fourth-order valence-corrected chi connectivity index (χ4v) is 3.51. The van der Waals surface area contributed by atoms with E-state index in [2.05, 4.69) is 5.32 Å². The van der Waals surface area contributed by atoms with Crippen LogP contribution in [0.3, 0.4) is 0 Å². The molecule has 1 aromatic carbocycles. The van der Waals surface area contributed by atoms with Crippen molar-refractivity contribution in [3.05, 3.63) is 35.9 Å². The summed E-state index contributed by atoms with van der Waals surface area (Å²) >= 11 is 0. The number of nitrogens with one attached hydrogen (secondary N) is 1. The van der Waals surface area contributed by atoms with E-state index in [0.29, 0.717) is 19.7 Å². The Bertz CT molecular complexity index is 658. The molecule has 7 heteroatoms. The Labute approximate surface area is 160 Å². The Kier molecular flexibility index (Phi) is 5.89.